The third kappa shape index (κ3) is 3.72. The van der Waals surface area contributed by atoms with Gasteiger partial charge in [0.15, 0.2) is 11.6 Å². The fourth-order valence-corrected chi connectivity index (χ4v) is 2.16. The molecule has 0 aliphatic rings. The summed E-state index contributed by atoms with van der Waals surface area (Å²) < 4.78 is 40.0. The van der Waals surface area contributed by atoms with Crippen molar-refractivity contribution >= 4 is 5.97 Å². The van der Waals surface area contributed by atoms with E-state index in [1.165, 1.54) is 0 Å². The molecule has 0 fully saturated rings. The molecule has 0 bridgehead atoms. The molecule has 3 unspecified atom stereocenters. The molecule has 3 nitrogen and oxygen atoms in total. The Morgan fingerprint density at radius 2 is 1.90 bits per heavy atom. The lowest BCUT2D eigenvalue weighted by Crippen LogP contribution is -2.26. The first-order chi connectivity index (χ1) is 9.27. The average Bonchev–Trinajstić information content (AvgIpc) is 2.38. The Bertz CT molecular complexity index is 494. The predicted octanol–water partition coefficient (Wildman–Crippen LogP) is 2.89. The van der Waals surface area contributed by atoms with Crippen LogP contribution >= 0.6 is 0 Å². The lowest BCUT2D eigenvalue weighted by atomic mass is 9.82. The Morgan fingerprint density at radius 3 is 2.40 bits per heavy atom. The van der Waals surface area contributed by atoms with E-state index in [2.05, 4.69) is 0 Å². The molecule has 1 aromatic rings. The van der Waals surface area contributed by atoms with Crippen molar-refractivity contribution in [1.82, 2.24) is 0 Å². The number of hydrogen-bond acceptors (Lipinski definition) is 2. The molecule has 20 heavy (non-hydrogen) atoms. The van der Waals surface area contributed by atoms with Crippen LogP contribution in [-0.4, -0.2) is 17.6 Å². The van der Waals surface area contributed by atoms with Gasteiger partial charge in [0.2, 0.25) is 0 Å². The molecule has 1 rings (SSSR count). The number of nitrogens with two attached hydrogens (primary N) is 1. The van der Waals surface area contributed by atoms with Crippen LogP contribution in [0.5, 0.6) is 0 Å². The maximum Gasteiger partial charge on any atom is 0.307 e. The van der Waals surface area contributed by atoms with Crippen LogP contribution in [-0.2, 0) is 4.79 Å². The highest BCUT2D eigenvalue weighted by Crippen LogP contribution is 2.31. The summed E-state index contributed by atoms with van der Waals surface area (Å²) in [6.07, 6.45) is 0.213. The van der Waals surface area contributed by atoms with Gasteiger partial charge in [-0.2, -0.15) is 0 Å². The van der Waals surface area contributed by atoms with Crippen LogP contribution in [0.4, 0.5) is 13.2 Å². The molecule has 0 amide bonds. The molecule has 0 aliphatic carbocycles. The van der Waals surface area contributed by atoms with E-state index in [1.807, 2.05) is 0 Å². The highest BCUT2D eigenvalue weighted by molar-refractivity contribution is 5.70. The van der Waals surface area contributed by atoms with Crippen molar-refractivity contribution in [3.63, 3.8) is 0 Å². The number of carboxylic acid groups (broad SMARTS) is 1. The van der Waals surface area contributed by atoms with Crippen molar-refractivity contribution in [2.75, 3.05) is 6.54 Å². The second-order valence-electron chi connectivity index (χ2n) is 5.06. The van der Waals surface area contributed by atoms with Crippen molar-refractivity contribution in [3.8, 4) is 0 Å². The summed E-state index contributed by atoms with van der Waals surface area (Å²) in [5, 5.41) is 8.94. The zero-order valence-electron chi connectivity index (χ0n) is 11.4. The molecule has 0 aliphatic heterocycles. The topological polar surface area (TPSA) is 63.3 Å². The Kier molecular flexibility index (Phi) is 5.56. The number of rotatable bonds is 6. The smallest absolute Gasteiger partial charge is 0.307 e. The maximum atomic E-state index is 13.7. The SMILES string of the molecule is CC(CC(CN)C(=O)O)C(C)c1cc(F)cc(F)c1F. The lowest BCUT2D eigenvalue weighted by molar-refractivity contribution is -0.142. The minimum Gasteiger partial charge on any atom is -0.481 e. The van der Waals surface area contributed by atoms with Crippen LogP contribution in [0.2, 0.25) is 0 Å². The minimum atomic E-state index is -1.24. The molecule has 0 aromatic heterocycles. The monoisotopic (exact) mass is 289 g/mol. The molecule has 1 aromatic carbocycles. The number of aliphatic carboxylic acids is 1. The first kappa shape index (κ1) is 16.5. The van der Waals surface area contributed by atoms with Gasteiger partial charge >= 0.3 is 5.97 Å². The average molecular weight is 289 g/mol. The van der Waals surface area contributed by atoms with Crippen molar-refractivity contribution in [1.29, 1.82) is 0 Å². The van der Waals surface area contributed by atoms with Gasteiger partial charge in [-0.25, -0.2) is 13.2 Å². The van der Waals surface area contributed by atoms with Crippen molar-refractivity contribution in [3.05, 3.63) is 35.1 Å². The van der Waals surface area contributed by atoms with E-state index in [-0.39, 0.29) is 24.4 Å². The number of halogens is 3. The van der Waals surface area contributed by atoms with Gasteiger partial charge in [-0.1, -0.05) is 13.8 Å². The van der Waals surface area contributed by atoms with E-state index in [4.69, 9.17) is 10.8 Å². The van der Waals surface area contributed by atoms with E-state index in [0.29, 0.717) is 6.07 Å². The molecule has 0 saturated carbocycles. The van der Waals surface area contributed by atoms with Crippen LogP contribution < -0.4 is 5.73 Å². The van der Waals surface area contributed by atoms with E-state index in [0.717, 1.165) is 6.07 Å². The number of hydrogen-bond donors (Lipinski definition) is 2. The molecular formula is C14H18F3NO2. The van der Waals surface area contributed by atoms with E-state index >= 15 is 0 Å². The van der Waals surface area contributed by atoms with Crippen LogP contribution in [0.15, 0.2) is 12.1 Å². The molecule has 0 saturated heterocycles. The Hall–Kier alpha value is -1.56. The summed E-state index contributed by atoms with van der Waals surface area (Å²) in [5.74, 6) is -5.78. The Labute approximate surface area is 115 Å². The first-order valence-corrected chi connectivity index (χ1v) is 6.35. The van der Waals surface area contributed by atoms with Gasteiger partial charge in [-0.15, -0.1) is 0 Å². The summed E-state index contributed by atoms with van der Waals surface area (Å²) in [6.45, 7) is 3.28. The molecule has 0 spiro atoms. The standard InChI is InChI=1S/C14H18F3NO2/c1-7(3-9(6-18)14(19)20)8(2)11-4-10(15)5-12(16)13(11)17/h4-5,7-9H,3,6,18H2,1-2H3,(H,19,20). The van der Waals surface area contributed by atoms with Gasteiger partial charge in [0, 0.05) is 12.6 Å². The number of carbonyl (C=O) groups is 1. The second kappa shape index (κ2) is 6.74. The largest absolute Gasteiger partial charge is 0.481 e. The summed E-state index contributed by atoms with van der Waals surface area (Å²) in [6, 6.07) is 1.42. The van der Waals surface area contributed by atoms with E-state index < -0.39 is 35.3 Å². The summed E-state index contributed by atoms with van der Waals surface area (Å²) in [7, 11) is 0. The predicted molar refractivity (Wildman–Crippen MR) is 68.7 cm³/mol. The fraction of sp³-hybridized carbons (Fsp3) is 0.500. The van der Waals surface area contributed by atoms with E-state index in [9.17, 15) is 18.0 Å². The highest BCUT2D eigenvalue weighted by Gasteiger charge is 2.26. The third-order valence-corrected chi connectivity index (χ3v) is 3.66. The number of carboxylic acids is 1. The Morgan fingerprint density at radius 1 is 1.30 bits per heavy atom. The number of benzene rings is 1. The van der Waals surface area contributed by atoms with Gasteiger partial charge in [-0.3, -0.25) is 4.79 Å². The minimum absolute atomic E-state index is 0.0353. The van der Waals surface area contributed by atoms with Crippen molar-refractivity contribution in [2.45, 2.75) is 26.2 Å². The fourth-order valence-electron chi connectivity index (χ4n) is 2.16. The van der Waals surface area contributed by atoms with Crippen LogP contribution in [0.1, 0.15) is 31.7 Å². The summed E-state index contributed by atoms with van der Waals surface area (Å²) in [5.41, 5.74) is 5.28. The third-order valence-electron chi connectivity index (χ3n) is 3.66. The zero-order valence-corrected chi connectivity index (χ0v) is 11.4. The van der Waals surface area contributed by atoms with E-state index in [1.54, 1.807) is 13.8 Å². The van der Waals surface area contributed by atoms with Gasteiger partial charge < -0.3 is 10.8 Å². The van der Waals surface area contributed by atoms with Crippen molar-refractivity contribution < 1.29 is 23.1 Å². The van der Waals surface area contributed by atoms with Gasteiger partial charge in [0.05, 0.1) is 5.92 Å². The molecule has 112 valence electrons. The first-order valence-electron chi connectivity index (χ1n) is 6.35. The quantitative estimate of drug-likeness (QED) is 0.791. The molecule has 6 heteroatoms. The highest BCUT2D eigenvalue weighted by atomic mass is 19.2. The maximum absolute atomic E-state index is 13.7. The molecule has 0 radical (unpaired) electrons. The lowest BCUT2D eigenvalue weighted by Gasteiger charge is -2.23. The molecule has 3 N–H and O–H groups in total. The second-order valence-corrected chi connectivity index (χ2v) is 5.06. The van der Waals surface area contributed by atoms with Crippen molar-refractivity contribution in [2.24, 2.45) is 17.6 Å². The van der Waals surface area contributed by atoms with Crippen LogP contribution in [0.3, 0.4) is 0 Å². The van der Waals surface area contributed by atoms with Crippen LogP contribution in [0.25, 0.3) is 0 Å². The van der Waals surface area contributed by atoms with Crippen LogP contribution in [0, 0.1) is 29.3 Å². The molecule has 0 heterocycles. The summed E-state index contributed by atoms with van der Waals surface area (Å²) in [4.78, 5) is 10.9. The normalized spacial score (nSPS) is 15.7. The summed E-state index contributed by atoms with van der Waals surface area (Å²) >= 11 is 0. The van der Waals surface area contributed by atoms with Gasteiger partial charge in [-0.05, 0) is 29.9 Å². The molecule has 3 atom stereocenters. The zero-order chi connectivity index (χ0) is 15.4. The Balaban J connectivity index is 2.94. The van der Waals surface area contributed by atoms with Gasteiger partial charge in [0.25, 0.3) is 0 Å². The van der Waals surface area contributed by atoms with Gasteiger partial charge in [0.1, 0.15) is 5.82 Å². The molecular weight excluding hydrogens is 271 g/mol.